The Morgan fingerprint density at radius 1 is 1.07 bits per heavy atom. The lowest BCUT2D eigenvalue weighted by Gasteiger charge is -2.11. The molecule has 0 bridgehead atoms. The van der Waals surface area contributed by atoms with Crippen LogP contribution in [0, 0.1) is 17.1 Å². The molecule has 0 saturated carbocycles. The number of imidazole rings is 2. The molecule has 0 unspecified atom stereocenters. The van der Waals surface area contributed by atoms with Crippen LogP contribution in [0.1, 0.15) is 25.4 Å². The SMILES string of the molecule is CCc1nc(-c2ccc(F)cc2)c(-c2ccc3ncc(C#N)n3c2)n1CC. The van der Waals surface area contributed by atoms with Crippen LogP contribution in [0.4, 0.5) is 4.39 Å². The average molecular weight is 359 g/mol. The first-order valence-electron chi connectivity index (χ1n) is 8.89. The van der Waals surface area contributed by atoms with Gasteiger partial charge in [0, 0.05) is 30.3 Å². The van der Waals surface area contributed by atoms with Crippen molar-refractivity contribution in [2.75, 3.05) is 0 Å². The second-order valence-corrected chi connectivity index (χ2v) is 6.23. The van der Waals surface area contributed by atoms with Crippen LogP contribution < -0.4 is 0 Å². The van der Waals surface area contributed by atoms with E-state index in [1.54, 1.807) is 22.7 Å². The second kappa shape index (κ2) is 6.69. The van der Waals surface area contributed by atoms with E-state index in [0.717, 1.165) is 47.0 Å². The summed E-state index contributed by atoms with van der Waals surface area (Å²) < 4.78 is 17.3. The molecule has 0 N–H and O–H groups in total. The van der Waals surface area contributed by atoms with Crippen molar-refractivity contribution >= 4 is 5.65 Å². The van der Waals surface area contributed by atoms with Gasteiger partial charge < -0.3 is 4.57 Å². The van der Waals surface area contributed by atoms with Crippen molar-refractivity contribution < 1.29 is 4.39 Å². The Balaban J connectivity index is 2.00. The van der Waals surface area contributed by atoms with Crippen molar-refractivity contribution in [1.82, 2.24) is 18.9 Å². The molecule has 1 aromatic carbocycles. The highest BCUT2D eigenvalue weighted by molar-refractivity contribution is 5.79. The number of nitriles is 1. The number of rotatable bonds is 4. The Labute approximate surface area is 156 Å². The van der Waals surface area contributed by atoms with E-state index in [1.807, 2.05) is 18.3 Å². The Hall–Kier alpha value is -3.46. The fourth-order valence-electron chi connectivity index (χ4n) is 3.41. The number of halogens is 1. The molecule has 0 amide bonds. The van der Waals surface area contributed by atoms with Gasteiger partial charge in [-0.25, -0.2) is 14.4 Å². The number of aryl methyl sites for hydroxylation is 1. The highest BCUT2D eigenvalue weighted by Crippen LogP contribution is 2.33. The van der Waals surface area contributed by atoms with E-state index in [9.17, 15) is 9.65 Å². The zero-order valence-corrected chi connectivity index (χ0v) is 15.1. The van der Waals surface area contributed by atoms with Crippen LogP contribution in [0.2, 0.25) is 0 Å². The first-order chi connectivity index (χ1) is 13.2. The third kappa shape index (κ3) is 2.77. The summed E-state index contributed by atoms with van der Waals surface area (Å²) in [6.45, 7) is 4.91. The summed E-state index contributed by atoms with van der Waals surface area (Å²) in [6.07, 6.45) is 4.27. The minimum Gasteiger partial charge on any atom is -0.328 e. The summed E-state index contributed by atoms with van der Waals surface area (Å²) in [6, 6.07) is 12.4. The van der Waals surface area contributed by atoms with Crippen LogP contribution >= 0.6 is 0 Å². The zero-order valence-electron chi connectivity index (χ0n) is 15.1. The van der Waals surface area contributed by atoms with Crippen LogP contribution in [0.25, 0.3) is 28.2 Å². The van der Waals surface area contributed by atoms with Gasteiger partial charge in [-0.15, -0.1) is 0 Å². The highest BCUT2D eigenvalue weighted by Gasteiger charge is 2.19. The molecule has 5 nitrogen and oxygen atoms in total. The molecule has 3 aromatic heterocycles. The summed E-state index contributed by atoms with van der Waals surface area (Å²) in [7, 11) is 0. The molecule has 3 heterocycles. The highest BCUT2D eigenvalue weighted by atomic mass is 19.1. The summed E-state index contributed by atoms with van der Waals surface area (Å²) >= 11 is 0. The van der Waals surface area contributed by atoms with Gasteiger partial charge in [0.15, 0.2) is 0 Å². The van der Waals surface area contributed by atoms with Crippen LogP contribution in [-0.4, -0.2) is 18.9 Å². The minimum atomic E-state index is -0.274. The van der Waals surface area contributed by atoms with Gasteiger partial charge in [-0.2, -0.15) is 5.26 Å². The molecule has 0 atom stereocenters. The van der Waals surface area contributed by atoms with Crippen LogP contribution in [0.5, 0.6) is 0 Å². The van der Waals surface area contributed by atoms with E-state index < -0.39 is 0 Å². The lowest BCUT2D eigenvalue weighted by molar-refractivity contribution is 0.628. The molecule has 0 aliphatic rings. The average Bonchev–Trinajstić information content (AvgIpc) is 3.28. The first-order valence-corrected chi connectivity index (χ1v) is 8.89. The normalized spacial score (nSPS) is 11.0. The van der Waals surface area contributed by atoms with Crippen molar-refractivity contribution in [2.45, 2.75) is 26.8 Å². The Kier molecular flexibility index (Phi) is 4.21. The molecule has 27 heavy (non-hydrogen) atoms. The van der Waals surface area contributed by atoms with Gasteiger partial charge in [-0.05, 0) is 43.3 Å². The third-order valence-electron chi connectivity index (χ3n) is 4.69. The molecule has 0 aliphatic heterocycles. The fourth-order valence-corrected chi connectivity index (χ4v) is 3.41. The molecule has 0 aliphatic carbocycles. The molecule has 0 spiro atoms. The van der Waals surface area contributed by atoms with Gasteiger partial charge in [-0.3, -0.25) is 4.40 Å². The van der Waals surface area contributed by atoms with Gasteiger partial charge in [-0.1, -0.05) is 6.92 Å². The Morgan fingerprint density at radius 2 is 1.81 bits per heavy atom. The number of aromatic nitrogens is 4. The molecule has 0 radical (unpaired) electrons. The maximum absolute atomic E-state index is 13.4. The molecule has 6 heteroatoms. The van der Waals surface area contributed by atoms with E-state index in [4.69, 9.17) is 4.98 Å². The fraction of sp³-hybridized carbons (Fsp3) is 0.190. The smallest absolute Gasteiger partial charge is 0.144 e. The van der Waals surface area contributed by atoms with E-state index >= 15 is 0 Å². The van der Waals surface area contributed by atoms with E-state index in [2.05, 4.69) is 29.5 Å². The van der Waals surface area contributed by atoms with Crippen LogP contribution in [0.15, 0.2) is 48.8 Å². The molecular weight excluding hydrogens is 341 g/mol. The van der Waals surface area contributed by atoms with Gasteiger partial charge in [0.25, 0.3) is 0 Å². The molecular formula is C21H18FN5. The standard InChI is InChI=1S/C21H18FN5/c1-3-18-25-20(14-5-8-16(22)9-6-14)21(26(18)4-2)15-7-10-19-24-12-17(11-23)27(19)13-15/h5-10,12-13H,3-4H2,1-2H3. The van der Waals surface area contributed by atoms with E-state index in [1.165, 1.54) is 12.1 Å². The third-order valence-corrected chi connectivity index (χ3v) is 4.69. The maximum Gasteiger partial charge on any atom is 0.144 e. The van der Waals surface area contributed by atoms with Gasteiger partial charge >= 0.3 is 0 Å². The van der Waals surface area contributed by atoms with Crippen molar-refractivity contribution in [2.24, 2.45) is 0 Å². The topological polar surface area (TPSA) is 58.9 Å². The Morgan fingerprint density at radius 3 is 2.48 bits per heavy atom. The lowest BCUT2D eigenvalue weighted by Crippen LogP contribution is -2.03. The molecule has 0 saturated heterocycles. The first kappa shape index (κ1) is 17.0. The number of hydrogen-bond donors (Lipinski definition) is 0. The van der Waals surface area contributed by atoms with Gasteiger partial charge in [0.05, 0.1) is 17.6 Å². The predicted octanol–water partition coefficient (Wildman–Crippen LogP) is 4.46. The quantitative estimate of drug-likeness (QED) is 0.541. The lowest BCUT2D eigenvalue weighted by atomic mass is 10.1. The number of fused-ring (bicyclic) bond motifs is 1. The van der Waals surface area contributed by atoms with Crippen LogP contribution in [0.3, 0.4) is 0 Å². The predicted molar refractivity (Wildman–Crippen MR) is 102 cm³/mol. The van der Waals surface area contributed by atoms with E-state index in [0.29, 0.717) is 5.69 Å². The molecule has 4 aromatic rings. The zero-order chi connectivity index (χ0) is 19.0. The van der Waals surface area contributed by atoms with Gasteiger partial charge in [0.1, 0.15) is 29.1 Å². The van der Waals surface area contributed by atoms with E-state index in [-0.39, 0.29) is 5.82 Å². The summed E-state index contributed by atoms with van der Waals surface area (Å²) in [5.41, 5.74) is 4.77. The van der Waals surface area contributed by atoms with Crippen molar-refractivity contribution in [3.63, 3.8) is 0 Å². The van der Waals surface area contributed by atoms with Gasteiger partial charge in [0.2, 0.25) is 0 Å². The summed E-state index contributed by atoms with van der Waals surface area (Å²) in [5.74, 6) is 0.697. The second-order valence-electron chi connectivity index (χ2n) is 6.23. The molecule has 0 fully saturated rings. The van der Waals surface area contributed by atoms with Crippen molar-refractivity contribution in [1.29, 1.82) is 5.26 Å². The van der Waals surface area contributed by atoms with Crippen molar-refractivity contribution in [3.05, 3.63) is 66.1 Å². The maximum atomic E-state index is 13.4. The largest absolute Gasteiger partial charge is 0.328 e. The van der Waals surface area contributed by atoms with Crippen LogP contribution in [-0.2, 0) is 13.0 Å². The van der Waals surface area contributed by atoms with Crippen molar-refractivity contribution in [3.8, 4) is 28.6 Å². The summed E-state index contributed by atoms with van der Waals surface area (Å²) in [4.78, 5) is 9.09. The molecule has 4 rings (SSSR count). The number of nitrogens with zero attached hydrogens (tertiary/aromatic N) is 5. The monoisotopic (exact) mass is 359 g/mol. The number of pyridine rings is 1. The molecule has 134 valence electrons. The minimum absolute atomic E-state index is 0.274. The Bertz CT molecular complexity index is 1160. The summed E-state index contributed by atoms with van der Waals surface area (Å²) in [5, 5.41) is 9.32. The number of benzene rings is 1. The number of hydrogen-bond acceptors (Lipinski definition) is 3.